The van der Waals surface area contributed by atoms with E-state index in [0.29, 0.717) is 0 Å². The van der Waals surface area contributed by atoms with Gasteiger partial charge in [0, 0.05) is 0 Å². The van der Waals surface area contributed by atoms with Crippen LogP contribution in [-0.4, -0.2) is 17.3 Å². The minimum Gasteiger partial charge on any atom is -0.481 e. The molecule has 2 nitrogen and oxygen atoms in total. The van der Waals surface area contributed by atoms with E-state index in [1.54, 1.807) is 0 Å². The summed E-state index contributed by atoms with van der Waals surface area (Å²) >= 11 is 0. The summed E-state index contributed by atoms with van der Waals surface area (Å²) in [6, 6.07) is 5.20. The first kappa shape index (κ1) is 13.5. The molecule has 0 fully saturated rings. The van der Waals surface area contributed by atoms with Crippen molar-refractivity contribution in [3.63, 3.8) is 0 Å². The molecule has 1 atom stereocenters. The average molecular weight is 250 g/mol. The van der Waals surface area contributed by atoms with Gasteiger partial charge in [-0.05, 0) is 18.1 Å². The molecule has 1 N–H and O–H groups in total. The molecule has 1 aromatic carbocycles. The summed E-state index contributed by atoms with van der Waals surface area (Å²) in [6.45, 7) is 0. The molecule has 0 aliphatic rings. The standard InChI is InChI=1S/C11H10F4O2/c12-9-4-2-1-3-7(9)5-8(10(16)17)6-11(13,14)15/h1-4,8H,5-6H2,(H,16,17). The van der Waals surface area contributed by atoms with Crippen LogP contribution >= 0.6 is 0 Å². The van der Waals surface area contributed by atoms with Gasteiger partial charge in [0.05, 0.1) is 12.3 Å². The maximum Gasteiger partial charge on any atom is 0.389 e. The zero-order valence-electron chi connectivity index (χ0n) is 8.67. The highest BCUT2D eigenvalue weighted by Gasteiger charge is 2.35. The molecule has 0 saturated heterocycles. The van der Waals surface area contributed by atoms with Crippen molar-refractivity contribution in [2.75, 3.05) is 0 Å². The Morgan fingerprint density at radius 3 is 2.35 bits per heavy atom. The van der Waals surface area contributed by atoms with E-state index in [1.165, 1.54) is 18.2 Å². The van der Waals surface area contributed by atoms with Gasteiger partial charge in [0.2, 0.25) is 0 Å². The maximum absolute atomic E-state index is 13.2. The normalized spacial score (nSPS) is 13.4. The Balaban J connectivity index is 2.81. The summed E-state index contributed by atoms with van der Waals surface area (Å²) in [6.07, 6.45) is -6.51. The Hall–Kier alpha value is -1.59. The Morgan fingerprint density at radius 1 is 1.29 bits per heavy atom. The first-order valence-corrected chi connectivity index (χ1v) is 4.82. The summed E-state index contributed by atoms with van der Waals surface area (Å²) in [4.78, 5) is 10.7. The van der Waals surface area contributed by atoms with Crippen LogP contribution in [0.25, 0.3) is 0 Å². The molecule has 0 aliphatic heterocycles. The molecule has 0 aromatic heterocycles. The molecule has 1 rings (SSSR count). The van der Waals surface area contributed by atoms with Crippen LogP contribution in [0.4, 0.5) is 17.6 Å². The Labute approximate surface area is 94.9 Å². The molecule has 1 unspecified atom stereocenters. The number of carboxylic acids is 1. The summed E-state index contributed by atoms with van der Waals surface area (Å²) < 4.78 is 49.5. The van der Waals surface area contributed by atoms with Gasteiger partial charge in [0.15, 0.2) is 0 Å². The van der Waals surface area contributed by atoms with Crippen LogP contribution in [0.1, 0.15) is 12.0 Å². The van der Waals surface area contributed by atoms with Crippen LogP contribution in [-0.2, 0) is 11.2 Å². The monoisotopic (exact) mass is 250 g/mol. The highest BCUT2D eigenvalue weighted by atomic mass is 19.4. The van der Waals surface area contributed by atoms with Gasteiger partial charge < -0.3 is 5.11 Å². The lowest BCUT2D eigenvalue weighted by atomic mass is 9.96. The van der Waals surface area contributed by atoms with E-state index < -0.39 is 36.7 Å². The van der Waals surface area contributed by atoms with Crippen LogP contribution in [0.15, 0.2) is 24.3 Å². The van der Waals surface area contributed by atoms with Crippen molar-refractivity contribution in [3.05, 3.63) is 35.6 Å². The second kappa shape index (κ2) is 5.16. The van der Waals surface area contributed by atoms with Crippen LogP contribution in [0.5, 0.6) is 0 Å². The molecular weight excluding hydrogens is 240 g/mol. The van der Waals surface area contributed by atoms with Crippen LogP contribution in [0, 0.1) is 11.7 Å². The van der Waals surface area contributed by atoms with Crippen molar-refractivity contribution in [3.8, 4) is 0 Å². The molecule has 0 saturated carbocycles. The van der Waals surface area contributed by atoms with Crippen molar-refractivity contribution in [1.82, 2.24) is 0 Å². The van der Waals surface area contributed by atoms with Gasteiger partial charge in [0.25, 0.3) is 0 Å². The summed E-state index contributed by atoms with van der Waals surface area (Å²) in [7, 11) is 0. The van der Waals surface area contributed by atoms with Crippen LogP contribution < -0.4 is 0 Å². The van der Waals surface area contributed by atoms with E-state index in [0.717, 1.165) is 6.07 Å². The van der Waals surface area contributed by atoms with Gasteiger partial charge in [-0.15, -0.1) is 0 Å². The van der Waals surface area contributed by atoms with Gasteiger partial charge in [0.1, 0.15) is 5.82 Å². The lowest BCUT2D eigenvalue weighted by molar-refractivity contribution is -0.163. The highest BCUT2D eigenvalue weighted by Crippen LogP contribution is 2.27. The predicted octanol–water partition coefficient (Wildman–Crippen LogP) is 3.02. The quantitative estimate of drug-likeness (QED) is 0.834. The topological polar surface area (TPSA) is 37.3 Å². The molecule has 6 heteroatoms. The van der Waals surface area contributed by atoms with Gasteiger partial charge in [-0.2, -0.15) is 13.2 Å². The molecule has 0 amide bonds. The van der Waals surface area contributed by atoms with Gasteiger partial charge in [-0.1, -0.05) is 18.2 Å². The Morgan fingerprint density at radius 2 is 1.88 bits per heavy atom. The fraction of sp³-hybridized carbons (Fsp3) is 0.364. The van der Waals surface area contributed by atoms with Gasteiger partial charge in [-0.3, -0.25) is 4.79 Å². The average Bonchev–Trinajstić information content (AvgIpc) is 2.18. The lowest BCUT2D eigenvalue weighted by Gasteiger charge is -2.14. The molecule has 0 radical (unpaired) electrons. The second-order valence-corrected chi connectivity index (χ2v) is 3.65. The number of benzene rings is 1. The molecule has 0 heterocycles. The Kier molecular flexibility index (Phi) is 4.09. The fourth-order valence-corrected chi connectivity index (χ4v) is 1.46. The molecule has 94 valence electrons. The predicted molar refractivity (Wildman–Crippen MR) is 51.9 cm³/mol. The van der Waals surface area contributed by atoms with E-state index in [1.807, 2.05) is 0 Å². The first-order valence-electron chi connectivity index (χ1n) is 4.82. The zero-order valence-corrected chi connectivity index (χ0v) is 8.67. The second-order valence-electron chi connectivity index (χ2n) is 3.65. The number of alkyl halides is 3. The summed E-state index contributed by atoms with van der Waals surface area (Å²) in [5, 5.41) is 8.67. The van der Waals surface area contributed by atoms with E-state index in [9.17, 15) is 22.4 Å². The third-order valence-electron chi connectivity index (χ3n) is 2.25. The third kappa shape index (κ3) is 4.42. The van der Waals surface area contributed by atoms with E-state index in [-0.39, 0.29) is 5.56 Å². The number of rotatable bonds is 4. The number of hydrogen-bond acceptors (Lipinski definition) is 1. The van der Waals surface area contributed by atoms with Crippen LogP contribution in [0.2, 0.25) is 0 Å². The molecular formula is C11H10F4O2. The lowest BCUT2D eigenvalue weighted by Crippen LogP contribution is -2.24. The number of hydrogen-bond donors (Lipinski definition) is 1. The smallest absolute Gasteiger partial charge is 0.389 e. The highest BCUT2D eigenvalue weighted by molar-refractivity contribution is 5.70. The van der Waals surface area contributed by atoms with E-state index in [4.69, 9.17) is 5.11 Å². The van der Waals surface area contributed by atoms with Crippen molar-refractivity contribution < 1.29 is 27.5 Å². The molecule has 0 bridgehead atoms. The number of carboxylic acid groups (broad SMARTS) is 1. The number of carbonyl (C=O) groups is 1. The molecule has 0 aliphatic carbocycles. The van der Waals surface area contributed by atoms with E-state index >= 15 is 0 Å². The van der Waals surface area contributed by atoms with Crippen molar-refractivity contribution in [2.24, 2.45) is 5.92 Å². The maximum atomic E-state index is 13.2. The van der Waals surface area contributed by atoms with Crippen LogP contribution in [0.3, 0.4) is 0 Å². The van der Waals surface area contributed by atoms with Crippen molar-refractivity contribution >= 4 is 5.97 Å². The summed E-state index contributed by atoms with van der Waals surface area (Å²) in [5.41, 5.74) is -0.0239. The first-order chi connectivity index (χ1) is 7.79. The molecule has 17 heavy (non-hydrogen) atoms. The minimum atomic E-state index is -4.58. The molecule has 1 aromatic rings. The van der Waals surface area contributed by atoms with Gasteiger partial charge >= 0.3 is 12.1 Å². The largest absolute Gasteiger partial charge is 0.481 e. The third-order valence-corrected chi connectivity index (χ3v) is 2.25. The number of aliphatic carboxylic acids is 1. The SMILES string of the molecule is O=C(O)C(Cc1ccccc1F)CC(F)(F)F. The molecule has 0 spiro atoms. The Bertz CT molecular complexity index is 401. The summed E-state index contributed by atoms with van der Waals surface area (Å²) in [5.74, 6) is -3.93. The van der Waals surface area contributed by atoms with E-state index in [2.05, 4.69) is 0 Å². The van der Waals surface area contributed by atoms with Crippen molar-refractivity contribution in [2.45, 2.75) is 19.0 Å². The fourth-order valence-electron chi connectivity index (χ4n) is 1.46. The minimum absolute atomic E-state index is 0.0239. The zero-order chi connectivity index (χ0) is 13.1. The number of halogens is 4. The van der Waals surface area contributed by atoms with Gasteiger partial charge in [-0.25, -0.2) is 4.39 Å². The van der Waals surface area contributed by atoms with Crippen molar-refractivity contribution in [1.29, 1.82) is 0 Å².